The number of nitrogens with zero attached hydrogens (tertiary/aromatic N) is 3. The maximum absolute atomic E-state index is 13.6. The number of allylic oxidation sites excluding steroid dienone is 1. The van der Waals surface area contributed by atoms with Crippen molar-refractivity contribution in [3.05, 3.63) is 65.4 Å². The third-order valence-corrected chi connectivity index (χ3v) is 6.52. The summed E-state index contributed by atoms with van der Waals surface area (Å²) in [7, 11) is 3.21. The Labute approximate surface area is 203 Å². The summed E-state index contributed by atoms with van der Waals surface area (Å²) in [5.74, 6) is 2.66. The molecule has 4 rings (SSSR count). The topological polar surface area (TPSA) is 90.3 Å². The number of rotatable bonds is 9. The smallest absolute Gasteiger partial charge is 0.255 e. The van der Waals surface area contributed by atoms with E-state index in [1.165, 1.54) is 0 Å². The summed E-state index contributed by atoms with van der Waals surface area (Å²) in [4.78, 5) is 18.3. The molecule has 0 fully saturated rings. The summed E-state index contributed by atoms with van der Waals surface area (Å²) in [5.41, 5.74) is 2.78. The molecule has 8 nitrogen and oxygen atoms in total. The van der Waals surface area contributed by atoms with Crippen LogP contribution in [0.3, 0.4) is 0 Å². The Balaban J connectivity index is 1.73. The van der Waals surface area contributed by atoms with E-state index in [-0.39, 0.29) is 5.91 Å². The van der Waals surface area contributed by atoms with E-state index >= 15 is 0 Å². The first-order valence-corrected chi connectivity index (χ1v) is 12.2. The van der Waals surface area contributed by atoms with Crippen LogP contribution < -0.4 is 20.1 Å². The fourth-order valence-electron chi connectivity index (χ4n) is 3.83. The van der Waals surface area contributed by atoms with E-state index in [0.29, 0.717) is 28.1 Å². The Morgan fingerprint density at radius 2 is 1.91 bits per heavy atom. The first kappa shape index (κ1) is 23.7. The normalized spacial score (nSPS) is 14.9. The van der Waals surface area contributed by atoms with Gasteiger partial charge < -0.3 is 20.1 Å². The number of hydrogen-bond acceptors (Lipinski definition) is 7. The van der Waals surface area contributed by atoms with E-state index in [1.54, 1.807) is 30.7 Å². The molecular weight excluding hydrogens is 450 g/mol. The number of amides is 1. The fraction of sp³-hybridized carbons (Fsp3) is 0.320. The molecule has 0 aliphatic carbocycles. The van der Waals surface area contributed by atoms with Gasteiger partial charge in [-0.1, -0.05) is 49.4 Å². The second-order valence-electron chi connectivity index (χ2n) is 7.86. The van der Waals surface area contributed by atoms with Crippen molar-refractivity contribution in [2.75, 3.05) is 30.6 Å². The summed E-state index contributed by atoms with van der Waals surface area (Å²) in [5, 5.41) is 11.7. The molecule has 2 heterocycles. The van der Waals surface area contributed by atoms with Crippen LogP contribution in [0.1, 0.15) is 38.3 Å². The zero-order valence-corrected chi connectivity index (χ0v) is 20.6. The van der Waals surface area contributed by atoms with Crippen molar-refractivity contribution in [3.8, 4) is 11.5 Å². The van der Waals surface area contributed by atoms with Gasteiger partial charge >= 0.3 is 0 Å². The maximum Gasteiger partial charge on any atom is 0.255 e. The number of aromatic nitrogens is 3. The highest BCUT2D eigenvalue weighted by Crippen LogP contribution is 2.37. The predicted molar refractivity (Wildman–Crippen MR) is 135 cm³/mol. The second-order valence-corrected chi connectivity index (χ2v) is 8.92. The lowest BCUT2D eigenvalue weighted by Crippen LogP contribution is -2.31. The molecule has 0 saturated heterocycles. The van der Waals surface area contributed by atoms with Crippen LogP contribution in [0.15, 0.2) is 65.0 Å². The lowest BCUT2D eigenvalue weighted by molar-refractivity contribution is -0.113. The lowest BCUT2D eigenvalue weighted by Gasteiger charge is -2.29. The van der Waals surface area contributed by atoms with Crippen LogP contribution in [-0.2, 0) is 4.79 Å². The highest BCUT2D eigenvalue weighted by atomic mass is 32.2. The van der Waals surface area contributed by atoms with Crippen LogP contribution in [0.5, 0.6) is 11.5 Å². The Bertz CT molecular complexity index is 1190. The van der Waals surface area contributed by atoms with Crippen molar-refractivity contribution < 1.29 is 14.3 Å². The highest BCUT2D eigenvalue weighted by Gasteiger charge is 2.34. The van der Waals surface area contributed by atoms with Crippen molar-refractivity contribution in [1.29, 1.82) is 0 Å². The van der Waals surface area contributed by atoms with Gasteiger partial charge in [0.25, 0.3) is 5.91 Å². The van der Waals surface area contributed by atoms with Gasteiger partial charge in [0.05, 0.1) is 25.5 Å². The molecule has 1 atom stereocenters. The maximum atomic E-state index is 13.6. The third kappa shape index (κ3) is 4.89. The molecule has 0 saturated carbocycles. The number of benzene rings is 2. The van der Waals surface area contributed by atoms with Gasteiger partial charge in [-0.2, -0.15) is 4.98 Å². The molecule has 3 aromatic rings. The number of anilines is 2. The molecule has 2 aromatic carbocycles. The number of hydrogen-bond donors (Lipinski definition) is 2. The van der Waals surface area contributed by atoms with Gasteiger partial charge in [-0.25, -0.2) is 4.68 Å². The molecule has 178 valence electrons. The number of unbranched alkanes of at least 4 members (excludes halogenated alkanes) is 1. The van der Waals surface area contributed by atoms with Gasteiger partial charge in [0, 0.05) is 11.4 Å². The Morgan fingerprint density at radius 3 is 2.62 bits per heavy atom. The molecule has 1 aliphatic heterocycles. The average molecular weight is 480 g/mol. The first-order chi connectivity index (χ1) is 16.5. The quantitative estimate of drug-likeness (QED) is 0.325. The summed E-state index contributed by atoms with van der Waals surface area (Å²) in [6, 6.07) is 14.6. The van der Waals surface area contributed by atoms with E-state index in [9.17, 15) is 4.79 Å². The molecule has 0 radical (unpaired) electrons. The number of methoxy groups -OCH3 is 2. The Kier molecular flexibility index (Phi) is 7.42. The third-order valence-electron chi connectivity index (χ3n) is 5.59. The molecule has 34 heavy (non-hydrogen) atoms. The van der Waals surface area contributed by atoms with Crippen molar-refractivity contribution in [1.82, 2.24) is 14.8 Å². The van der Waals surface area contributed by atoms with Crippen LogP contribution in [0, 0.1) is 0 Å². The van der Waals surface area contributed by atoms with Crippen LogP contribution in [-0.4, -0.2) is 40.6 Å². The zero-order chi connectivity index (χ0) is 24.1. The van der Waals surface area contributed by atoms with Crippen molar-refractivity contribution >= 4 is 29.3 Å². The largest absolute Gasteiger partial charge is 0.497 e. The van der Waals surface area contributed by atoms with E-state index in [0.717, 1.165) is 35.6 Å². The van der Waals surface area contributed by atoms with Gasteiger partial charge in [0.15, 0.2) is 0 Å². The number of carbonyl (C=O) groups is 1. The number of ether oxygens (including phenoxy) is 2. The first-order valence-electron chi connectivity index (χ1n) is 11.2. The van der Waals surface area contributed by atoms with Gasteiger partial charge in [0.1, 0.15) is 17.5 Å². The SMILES string of the molecule is CCCCSc1nc2n(n1)C(c1ccc(OC)cc1)C(C(=O)Nc1ccccc1OC)=C(C)N2. The van der Waals surface area contributed by atoms with E-state index in [2.05, 4.69) is 22.5 Å². The molecule has 1 aromatic heterocycles. The fourth-order valence-corrected chi connectivity index (χ4v) is 4.74. The monoisotopic (exact) mass is 479 g/mol. The molecule has 9 heteroatoms. The number of thioether (sulfide) groups is 1. The molecule has 1 unspecified atom stereocenters. The molecule has 0 bridgehead atoms. The van der Waals surface area contributed by atoms with Gasteiger partial charge in [0.2, 0.25) is 11.1 Å². The van der Waals surface area contributed by atoms with Crippen LogP contribution in [0.4, 0.5) is 11.6 Å². The predicted octanol–water partition coefficient (Wildman–Crippen LogP) is 5.12. The standard InChI is InChI=1S/C25H29N5O3S/c1-5-6-15-34-25-28-24-26-16(2)21(23(31)27-19-9-7-8-10-20(19)33-4)22(30(24)29-25)17-11-13-18(32-3)14-12-17/h7-14,22H,5-6,15H2,1-4H3,(H,27,31)(H,26,28,29). The molecule has 1 aliphatic rings. The lowest BCUT2D eigenvalue weighted by atomic mass is 9.95. The average Bonchev–Trinajstić information content (AvgIpc) is 3.25. The van der Waals surface area contributed by atoms with Gasteiger partial charge in [-0.15, -0.1) is 5.10 Å². The van der Waals surface area contributed by atoms with Crippen LogP contribution in [0.25, 0.3) is 0 Å². The van der Waals surface area contributed by atoms with E-state index < -0.39 is 6.04 Å². The van der Waals surface area contributed by atoms with Gasteiger partial charge in [-0.05, 0) is 43.2 Å². The minimum absolute atomic E-state index is 0.239. The summed E-state index contributed by atoms with van der Waals surface area (Å²) in [6.07, 6.45) is 2.20. The van der Waals surface area contributed by atoms with Crippen molar-refractivity contribution in [2.45, 2.75) is 37.9 Å². The Morgan fingerprint density at radius 1 is 1.15 bits per heavy atom. The minimum atomic E-state index is -0.454. The highest BCUT2D eigenvalue weighted by molar-refractivity contribution is 7.99. The summed E-state index contributed by atoms with van der Waals surface area (Å²) >= 11 is 1.62. The summed E-state index contributed by atoms with van der Waals surface area (Å²) in [6.45, 7) is 4.04. The number of nitrogens with one attached hydrogen (secondary N) is 2. The second kappa shape index (κ2) is 10.6. The van der Waals surface area contributed by atoms with Crippen molar-refractivity contribution in [2.24, 2.45) is 0 Å². The number of para-hydroxylation sites is 2. The van der Waals surface area contributed by atoms with Crippen molar-refractivity contribution in [3.63, 3.8) is 0 Å². The van der Waals surface area contributed by atoms with Crippen LogP contribution in [0.2, 0.25) is 0 Å². The molecule has 0 spiro atoms. The summed E-state index contributed by atoms with van der Waals surface area (Å²) < 4.78 is 12.5. The molecular formula is C25H29N5O3S. The van der Waals surface area contributed by atoms with Gasteiger partial charge in [-0.3, -0.25) is 4.79 Å². The molecule has 2 N–H and O–H groups in total. The Hall–Kier alpha value is -3.46. The van der Waals surface area contributed by atoms with Crippen LogP contribution >= 0.6 is 11.8 Å². The van der Waals surface area contributed by atoms with E-state index in [4.69, 9.17) is 14.6 Å². The molecule has 1 amide bonds. The number of fused-ring (bicyclic) bond motifs is 1. The number of carbonyl (C=O) groups excluding carboxylic acids is 1. The van der Waals surface area contributed by atoms with E-state index in [1.807, 2.05) is 55.5 Å². The zero-order valence-electron chi connectivity index (χ0n) is 19.8. The minimum Gasteiger partial charge on any atom is -0.497 e.